The normalized spacial score (nSPS) is 24.2. The second-order valence-electron chi connectivity index (χ2n) is 3.02. The highest BCUT2D eigenvalue weighted by atomic mass is 79.9. The van der Waals surface area contributed by atoms with Crippen LogP contribution in [0.2, 0.25) is 0 Å². The molecular formula is C8H14BrNO. The summed E-state index contributed by atoms with van der Waals surface area (Å²) < 4.78 is 0. The number of nitrogens with zero attached hydrogens (tertiary/aromatic N) is 1. The zero-order valence-corrected chi connectivity index (χ0v) is 8.43. The van der Waals surface area contributed by atoms with E-state index in [0.717, 1.165) is 11.9 Å². The van der Waals surface area contributed by atoms with Gasteiger partial charge in [0.1, 0.15) is 0 Å². The van der Waals surface area contributed by atoms with Gasteiger partial charge in [-0.3, -0.25) is 4.79 Å². The molecule has 0 aromatic rings. The summed E-state index contributed by atoms with van der Waals surface area (Å²) in [7, 11) is 0. The van der Waals surface area contributed by atoms with Crippen LogP contribution in [-0.4, -0.2) is 28.7 Å². The van der Waals surface area contributed by atoms with E-state index < -0.39 is 0 Å². The van der Waals surface area contributed by atoms with E-state index in [9.17, 15) is 4.79 Å². The van der Waals surface area contributed by atoms with Crippen molar-refractivity contribution in [3.63, 3.8) is 0 Å². The number of likely N-dealkylation sites (tertiary alicyclic amines) is 1. The molecule has 11 heavy (non-hydrogen) atoms. The van der Waals surface area contributed by atoms with Crippen molar-refractivity contribution in [3.05, 3.63) is 0 Å². The number of carbonyl (C=O) groups is 1. The van der Waals surface area contributed by atoms with Crippen LogP contribution in [-0.2, 0) is 4.79 Å². The van der Waals surface area contributed by atoms with Gasteiger partial charge in [-0.15, -0.1) is 0 Å². The molecule has 1 heterocycles. The van der Waals surface area contributed by atoms with Crippen LogP contribution in [0.15, 0.2) is 0 Å². The van der Waals surface area contributed by atoms with E-state index in [-0.39, 0.29) is 0 Å². The van der Waals surface area contributed by atoms with Gasteiger partial charge in [0.2, 0.25) is 5.91 Å². The van der Waals surface area contributed by atoms with Crippen molar-refractivity contribution in [2.45, 2.75) is 32.2 Å². The van der Waals surface area contributed by atoms with Crippen LogP contribution in [0.4, 0.5) is 0 Å². The van der Waals surface area contributed by atoms with Crippen LogP contribution in [0.25, 0.3) is 0 Å². The summed E-state index contributed by atoms with van der Waals surface area (Å²) in [6, 6.07) is 0.474. The maximum Gasteiger partial charge on any atom is 0.223 e. The van der Waals surface area contributed by atoms with Gasteiger partial charge in [-0.05, 0) is 19.8 Å². The molecule has 1 aliphatic heterocycles. The van der Waals surface area contributed by atoms with Crippen molar-refractivity contribution in [1.29, 1.82) is 0 Å². The Kier molecular flexibility index (Phi) is 3.37. The zero-order valence-electron chi connectivity index (χ0n) is 6.85. The number of rotatable bonds is 2. The largest absolute Gasteiger partial charge is 0.340 e. The monoisotopic (exact) mass is 219 g/mol. The second-order valence-corrected chi connectivity index (χ2v) is 3.81. The molecule has 1 rings (SSSR count). The molecule has 0 spiro atoms. The molecule has 0 aromatic heterocycles. The van der Waals surface area contributed by atoms with Crippen molar-refractivity contribution in [1.82, 2.24) is 4.90 Å². The highest BCUT2D eigenvalue weighted by Crippen LogP contribution is 2.17. The minimum atomic E-state index is 0.298. The number of alkyl halides is 1. The fourth-order valence-electron chi connectivity index (χ4n) is 1.53. The highest BCUT2D eigenvalue weighted by molar-refractivity contribution is 9.09. The molecule has 0 saturated carbocycles. The van der Waals surface area contributed by atoms with Gasteiger partial charge in [-0.25, -0.2) is 0 Å². The lowest BCUT2D eigenvalue weighted by molar-refractivity contribution is -0.131. The Hall–Kier alpha value is -0.0500. The molecule has 1 unspecified atom stereocenters. The fraction of sp³-hybridized carbons (Fsp3) is 0.875. The Morgan fingerprint density at radius 1 is 1.73 bits per heavy atom. The van der Waals surface area contributed by atoms with Gasteiger partial charge in [0.25, 0.3) is 0 Å². The first kappa shape index (κ1) is 9.04. The molecule has 0 bridgehead atoms. The lowest BCUT2D eigenvalue weighted by Crippen LogP contribution is -2.33. The Morgan fingerprint density at radius 2 is 2.45 bits per heavy atom. The number of halogens is 1. The average molecular weight is 220 g/mol. The van der Waals surface area contributed by atoms with Crippen molar-refractivity contribution in [2.75, 3.05) is 11.9 Å². The number of amides is 1. The van der Waals surface area contributed by atoms with Crippen molar-refractivity contribution in [3.8, 4) is 0 Å². The Bertz CT molecular complexity index is 149. The van der Waals surface area contributed by atoms with Gasteiger partial charge >= 0.3 is 0 Å². The van der Waals surface area contributed by atoms with E-state index in [0.29, 0.717) is 18.4 Å². The van der Waals surface area contributed by atoms with Gasteiger partial charge in [0.05, 0.1) is 0 Å². The number of carbonyl (C=O) groups excluding carboxylic acids is 1. The Labute approximate surface area is 76.1 Å². The van der Waals surface area contributed by atoms with Crippen LogP contribution >= 0.6 is 15.9 Å². The van der Waals surface area contributed by atoms with Crippen molar-refractivity contribution >= 4 is 21.8 Å². The molecule has 0 radical (unpaired) electrons. The van der Waals surface area contributed by atoms with E-state index in [1.165, 1.54) is 12.8 Å². The van der Waals surface area contributed by atoms with Crippen molar-refractivity contribution < 1.29 is 4.79 Å². The van der Waals surface area contributed by atoms with Gasteiger partial charge in [0.15, 0.2) is 0 Å². The van der Waals surface area contributed by atoms with E-state index in [1.54, 1.807) is 0 Å². The molecule has 1 aliphatic rings. The third-order valence-corrected chi connectivity index (χ3v) is 2.58. The molecule has 1 saturated heterocycles. The van der Waals surface area contributed by atoms with Gasteiger partial charge in [-0.1, -0.05) is 15.9 Å². The molecule has 0 N–H and O–H groups in total. The summed E-state index contributed by atoms with van der Waals surface area (Å²) >= 11 is 3.27. The SMILES string of the molecule is CC1CCCN1C(=O)CCBr. The predicted octanol–water partition coefficient (Wildman–Crippen LogP) is 1.78. The summed E-state index contributed by atoms with van der Waals surface area (Å²) in [5, 5.41) is 0.787. The minimum Gasteiger partial charge on any atom is -0.340 e. The molecule has 1 atom stereocenters. The van der Waals surface area contributed by atoms with Gasteiger partial charge in [0, 0.05) is 24.3 Å². The summed E-state index contributed by atoms with van der Waals surface area (Å²) in [5.41, 5.74) is 0. The van der Waals surface area contributed by atoms with Gasteiger partial charge < -0.3 is 4.90 Å². The van der Waals surface area contributed by atoms with Crippen LogP contribution < -0.4 is 0 Å². The van der Waals surface area contributed by atoms with E-state index in [4.69, 9.17) is 0 Å². The lowest BCUT2D eigenvalue weighted by Gasteiger charge is -2.20. The summed E-state index contributed by atoms with van der Waals surface area (Å²) in [6.45, 7) is 3.09. The van der Waals surface area contributed by atoms with E-state index in [2.05, 4.69) is 22.9 Å². The number of hydrogen-bond donors (Lipinski definition) is 0. The third-order valence-electron chi connectivity index (χ3n) is 2.18. The summed E-state index contributed by atoms with van der Waals surface area (Å²) in [5.74, 6) is 0.298. The zero-order chi connectivity index (χ0) is 8.27. The fourth-order valence-corrected chi connectivity index (χ4v) is 1.87. The molecule has 0 aliphatic carbocycles. The van der Waals surface area contributed by atoms with Crippen LogP contribution in [0, 0.1) is 0 Å². The smallest absolute Gasteiger partial charge is 0.223 e. The molecule has 3 heteroatoms. The molecule has 2 nitrogen and oxygen atoms in total. The van der Waals surface area contributed by atoms with Crippen LogP contribution in [0.1, 0.15) is 26.2 Å². The van der Waals surface area contributed by atoms with E-state index >= 15 is 0 Å². The average Bonchev–Trinajstić information content (AvgIpc) is 2.36. The molecular weight excluding hydrogens is 206 g/mol. The molecule has 64 valence electrons. The first-order chi connectivity index (χ1) is 5.25. The molecule has 0 aromatic carbocycles. The summed E-state index contributed by atoms with van der Waals surface area (Å²) in [6.07, 6.45) is 2.99. The quantitative estimate of drug-likeness (QED) is 0.649. The Morgan fingerprint density at radius 3 is 2.91 bits per heavy atom. The predicted molar refractivity (Wildman–Crippen MR) is 48.8 cm³/mol. The summed E-state index contributed by atoms with van der Waals surface area (Å²) in [4.78, 5) is 13.3. The van der Waals surface area contributed by atoms with Crippen LogP contribution in [0.5, 0.6) is 0 Å². The van der Waals surface area contributed by atoms with Crippen LogP contribution in [0.3, 0.4) is 0 Å². The molecule has 1 fully saturated rings. The maximum absolute atomic E-state index is 11.4. The lowest BCUT2D eigenvalue weighted by atomic mass is 10.2. The number of hydrogen-bond acceptors (Lipinski definition) is 1. The standard InChI is InChI=1S/C8H14BrNO/c1-7-3-2-6-10(7)8(11)4-5-9/h7H,2-6H2,1H3. The first-order valence-corrected chi connectivity index (χ1v) is 5.23. The minimum absolute atomic E-state index is 0.298. The topological polar surface area (TPSA) is 20.3 Å². The van der Waals surface area contributed by atoms with Crippen molar-refractivity contribution in [2.24, 2.45) is 0 Å². The third kappa shape index (κ3) is 2.19. The van der Waals surface area contributed by atoms with Gasteiger partial charge in [-0.2, -0.15) is 0 Å². The Balaban J connectivity index is 2.39. The maximum atomic E-state index is 11.4. The molecule has 1 amide bonds. The first-order valence-electron chi connectivity index (χ1n) is 4.11. The van der Waals surface area contributed by atoms with E-state index in [1.807, 2.05) is 4.90 Å². The highest BCUT2D eigenvalue weighted by Gasteiger charge is 2.23. The second kappa shape index (κ2) is 4.10.